The van der Waals surface area contributed by atoms with E-state index in [4.69, 9.17) is 4.74 Å². The number of allylic oxidation sites excluding steroid dienone is 1. The summed E-state index contributed by atoms with van der Waals surface area (Å²) in [6.45, 7) is 7.83. The molecule has 0 aromatic carbocycles. The molecule has 0 saturated heterocycles. The lowest BCUT2D eigenvalue weighted by Gasteiger charge is -2.58. The molecule has 0 aliphatic heterocycles. The largest absolute Gasteiger partial charge is 0.378 e. The third-order valence-electron chi connectivity index (χ3n) is 9.93. The zero-order valence-corrected chi connectivity index (χ0v) is 21.7. The Balaban J connectivity index is 1.38. The van der Waals surface area contributed by atoms with Crippen LogP contribution in [0.15, 0.2) is 11.6 Å². The molecule has 170 valence electrons. The van der Waals surface area contributed by atoms with E-state index in [9.17, 15) is 4.79 Å². The topological polar surface area (TPSA) is 26.3 Å². The standard InChI is InChI=1S/C27H43IO2/c1-19(29)23-10-11-24-22-9-8-20-18-21(30-17-7-5-4-6-16-28)12-14-26(20,2)25(22)13-15-27(23,24)3/h8,21-25H,4-7,9-18H2,1-3H3/t21-,22-,23+,24-,25-,26-,27+/m0/s1. The molecule has 4 aliphatic carbocycles. The number of unbranched alkanes of at least 4 members (excludes halogenated alkanes) is 3. The molecule has 3 fully saturated rings. The van der Waals surface area contributed by atoms with Gasteiger partial charge in [0.1, 0.15) is 5.78 Å². The fourth-order valence-corrected chi connectivity index (χ4v) is 8.78. The second-order valence-electron chi connectivity index (χ2n) is 11.4. The maximum Gasteiger partial charge on any atom is 0.133 e. The zero-order valence-electron chi connectivity index (χ0n) is 19.6. The zero-order chi connectivity index (χ0) is 21.4. The average molecular weight is 527 g/mol. The highest BCUT2D eigenvalue weighted by Crippen LogP contribution is 2.66. The number of alkyl halides is 1. The predicted octanol–water partition coefficient (Wildman–Crippen LogP) is 7.54. The van der Waals surface area contributed by atoms with Crippen LogP contribution in [0.4, 0.5) is 0 Å². The lowest BCUT2D eigenvalue weighted by atomic mass is 9.47. The van der Waals surface area contributed by atoms with Crippen molar-refractivity contribution in [1.82, 2.24) is 0 Å². The van der Waals surface area contributed by atoms with Gasteiger partial charge in [0.25, 0.3) is 0 Å². The first-order valence-corrected chi connectivity index (χ1v) is 14.3. The summed E-state index contributed by atoms with van der Waals surface area (Å²) in [6, 6.07) is 0. The summed E-state index contributed by atoms with van der Waals surface area (Å²) in [5, 5.41) is 0. The number of carbonyl (C=O) groups excluding carboxylic acids is 1. The molecule has 4 aliphatic rings. The van der Waals surface area contributed by atoms with E-state index in [1.54, 1.807) is 5.57 Å². The van der Waals surface area contributed by atoms with Crippen molar-refractivity contribution in [3.63, 3.8) is 0 Å². The number of rotatable bonds is 8. The summed E-state index contributed by atoms with van der Waals surface area (Å²) in [4.78, 5) is 12.3. The fourth-order valence-electron chi connectivity index (χ4n) is 8.24. The highest BCUT2D eigenvalue weighted by atomic mass is 127. The van der Waals surface area contributed by atoms with Gasteiger partial charge in [0, 0.05) is 12.5 Å². The summed E-state index contributed by atoms with van der Waals surface area (Å²) >= 11 is 2.48. The Hall–Kier alpha value is 0.1000. The Kier molecular flexibility index (Phi) is 7.39. The normalized spacial score (nSPS) is 42.8. The van der Waals surface area contributed by atoms with Crippen molar-refractivity contribution in [3.8, 4) is 0 Å². The highest BCUT2D eigenvalue weighted by molar-refractivity contribution is 14.1. The lowest BCUT2D eigenvalue weighted by Crippen LogP contribution is -2.51. The van der Waals surface area contributed by atoms with E-state index in [1.165, 1.54) is 75.1 Å². The van der Waals surface area contributed by atoms with Gasteiger partial charge in [-0.3, -0.25) is 4.79 Å². The second kappa shape index (κ2) is 9.53. The third kappa shape index (κ3) is 4.20. The van der Waals surface area contributed by atoms with Gasteiger partial charge in [0.2, 0.25) is 0 Å². The van der Waals surface area contributed by atoms with E-state index >= 15 is 0 Å². The van der Waals surface area contributed by atoms with Crippen molar-refractivity contribution < 1.29 is 9.53 Å². The van der Waals surface area contributed by atoms with Gasteiger partial charge >= 0.3 is 0 Å². The SMILES string of the molecule is CC(=O)[C@H]1CC[C@H]2[C@@H]3CC=C4C[C@@H](OCCCCCCI)CC[C@]4(C)[C@H]3CC[C@]12C. The molecular weight excluding hydrogens is 483 g/mol. The molecule has 0 N–H and O–H groups in total. The van der Waals surface area contributed by atoms with Gasteiger partial charge < -0.3 is 4.74 Å². The molecule has 0 aromatic heterocycles. The number of carbonyl (C=O) groups is 1. The summed E-state index contributed by atoms with van der Waals surface area (Å²) in [5.41, 5.74) is 2.38. The molecule has 0 heterocycles. The van der Waals surface area contributed by atoms with Crippen LogP contribution in [-0.4, -0.2) is 22.9 Å². The van der Waals surface area contributed by atoms with Crippen molar-refractivity contribution in [2.24, 2.45) is 34.5 Å². The number of halogens is 1. The molecule has 30 heavy (non-hydrogen) atoms. The Morgan fingerprint density at radius 1 is 1.07 bits per heavy atom. The van der Waals surface area contributed by atoms with Crippen LogP contribution in [0.25, 0.3) is 0 Å². The molecule has 0 bridgehead atoms. The summed E-state index contributed by atoms with van der Waals surface area (Å²) in [5.74, 6) is 3.16. The average Bonchev–Trinajstić information content (AvgIpc) is 3.08. The van der Waals surface area contributed by atoms with Crippen LogP contribution in [0, 0.1) is 34.5 Å². The van der Waals surface area contributed by atoms with Crippen molar-refractivity contribution in [2.45, 2.75) is 104 Å². The van der Waals surface area contributed by atoms with Crippen LogP contribution in [0.5, 0.6) is 0 Å². The number of fused-ring (bicyclic) bond motifs is 5. The van der Waals surface area contributed by atoms with E-state index in [-0.39, 0.29) is 5.41 Å². The van der Waals surface area contributed by atoms with Gasteiger partial charge in [0.15, 0.2) is 0 Å². The Bertz CT molecular complexity index is 657. The van der Waals surface area contributed by atoms with Gasteiger partial charge in [-0.15, -0.1) is 0 Å². The molecule has 0 amide bonds. The van der Waals surface area contributed by atoms with Crippen LogP contribution in [0.2, 0.25) is 0 Å². The first-order valence-electron chi connectivity index (χ1n) is 12.8. The summed E-state index contributed by atoms with van der Waals surface area (Å²) < 4.78 is 7.62. The fraction of sp³-hybridized carbons (Fsp3) is 0.889. The number of hydrogen-bond donors (Lipinski definition) is 0. The minimum absolute atomic E-state index is 0.270. The molecule has 3 heteroatoms. The molecule has 0 aromatic rings. The highest BCUT2D eigenvalue weighted by Gasteiger charge is 2.59. The molecule has 0 spiro atoms. The van der Waals surface area contributed by atoms with E-state index < -0.39 is 0 Å². The summed E-state index contributed by atoms with van der Waals surface area (Å²) in [7, 11) is 0. The second-order valence-corrected chi connectivity index (χ2v) is 12.5. The number of ether oxygens (including phenoxy) is 1. The van der Waals surface area contributed by atoms with Crippen LogP contribution in [0.3, 0.4) is 0 Å². The van der Waals surface area contributed by atoms with Crippen LogP contribution in [-0.2, 0) is 9.53 Å². The van der Waals surface area contributed by atoms with E-state index in [0.717, 1.165) is 30.8 Å². The first kappa shape index (κ1) is 23.3. The predicted molar refractivity (Wildman–Crippen MR) is 133 cm³/mol. The minimum Gasteiger partial charge on any atom is -0.378 e. The third-order valence-corrected chi connectivity index (χ3v) is 10.7. The van der Waals surface area contributed by atoms with Crippen LogP contribution in [0.1, 0.15) is 97.8 Å². The molecule has 4 rings (SSSR count). The Morgan fingerprint density at radius 3 is 2.63 bits per heavy atom. The quantitative estimate of drug-likeness (QED) is 0.141. The molecular formula is C27H43IO2. The van der Waals surface area contributed by atoms with Crippen molar-refractivity contribution in [3.05, 3.63) is 11.6 Å². The van der Waals surface area contributed by atoms with Crippen molar-refractivity contribution >= 4 is 28.4 Å². The van der Waals surface area contributed by atoms with E-state index in [0.29, 0.717) is 23.2 Å². The molecule has 2 nitrogen and oxygen atoms in total. The first-order chi connectivity index (χ1) is 14.4. The maximum atomic E-state index is 12.3. The van der Waals surface area contributed by atoms with Crippen molar-refractivity contribution in [1.29, 1.82) is 0 Å². The number of Topliss-reactive ketones (excluding diaryl/α,β-unsaturated/α-hetero) is 1. The molecule has 0 radical (unpaired) electrons. The lowest BCUT2D eigenvalue weighted by molar-refractivity contribution is -0.127. The van der Waals surface area contributed by atoms with E-state index in [1.807, 2.05) is 6.92 Å². The van der Waals surface area contributed by atoms with Gasteiger partial charge in [-0.1, -0.05) is 60.9 Å². The van der Waals surface area contributed by atoms with Gasteiger partial charge in [-0.2, -0.15) is 0 Å². The monoisotopic (exact) mass is 526 g/mol. The Labute approximate surface area is 198 Å². The van der Waals surface area contributed by atoms with Gasteiger partial charge in [0.05, 0.1) is 6.10 Å². The van der Waals surface area contributed by atoms with E-state index in [2.05, 4.69) is 42.5 Å². The van der Waals surface area contributed by atoms with Crippen molar-refractivity contribution in [2.75, 3.05) is 11.0 Å². The minimum atomic E-state index is 0.270. The Morgan fingerprint density at radius 2 is 1.87 bits per heavy atom. The van der Waals surface area contributed by atoms with Gasteiger partial charge in [-0.05, 0) is 104 Å². The van der Waals surface area contributed by atoms with Crippen LogP contribution < -0.4 is 0 Å². The van der Waals surface area contributed by atoms with Crippen LogP contribution >= 0.6 is 22.6 Å². The smallest absolute Gasteiger partial charge is 0.133 e. The molecule has 3 saturated carbocycles. The van der Waals surface area contributed by atoms with Gasteiger partial charge in [-0.25, -0.2) is 0 Å². The molecule has 0 unspecified atom stereocenters. The number of ketones is 1. The summed E-state index contributed by atoms with van der Waals surface area (Å²) in [6.07, 6.45) is 18.3. The maximum absolute atomic E-state index is 12.3. The number of hydrogen-bond acceptors (Lipinski definition) is 2. The molecule has 7 atom stereocenters.